The van der Waals surface area contributed by atoms with Crippen LogP contribution >= 0.6 is 0 Å². The van der Waals surface area contributed by atoms with Gasteiger partial charge in [0.15, 0.2) is 0 Å². The summed E-state index contributed by atoms with van der Waals surface area (Å²) >= 11 is 0. The largest absolute Gasteiger partial charge is 0.465 e. The van der Waals surface area contributed by atoms with Crippen molar-refractivity contribution >= 4 is 35.4 Å². The second-order valence-corrected chi connectivity index (χ2v) is 5.94. The van der Waals surface area contributed by atoms with E-state index in [1.807, 2.05) is 5.32 Å². The Labute approximate surface area is 147 Å². The lowest BCUT2D eigenvalue weighted by Crippen LogP contribution is -2.52. The molecule has 0 aromatic heterocycles. The van der Waals surface area contributed by atoms with Gasteiger partial charge in [0.2, 0.25) is 17.7 Å². The molecule has 1 aromatic carbocycles. The summed E-state index contributed by atoms with van der Waals surface area (Å²) in [5, 5.41) is 15.3. The average molecular weight is 360 g/mol. The molecule has 1 fully saturated rings. The summed E-state index contributed by atoms with van der Waals surface area (Å²) in [5.41, 5.74) is 1.28. The predicted octanol–water partition coefficient (Wildman–Crippen LogP) is -0.346. The standard InChI is InChI=1S/C16H16N4O6/c21-12-5-4-11(14(23)19-12)20-7-9-8(15(20)24)2-1-3-10(9)18-13(22)6-17-16(25)26/h1-3,11,17H,4-7H2,(H,18,22)(H,25,26)(H,19,21,23). The Balaban J connectivity index is 1.77. The van der Waals surface area contributed by atoms with Gasteiger partial charge in [-0.25, -0.2) is 4.79 Å². The number of carbonyl (C=O) groups is 5. The molecule has 0 aliphatic carbocycles. The van der Waals surface area contributed by atoms with Crippen LogP contribution in [-0.2, 0) is 20.9 Å². The number of nitrogens with one attached hydrogen (secondary N) is 3. The molecule has 2 aliphatic rings. The van der Waals surface area contributed by atoms with E-state index in [0.29, 0.717) is 16.8 Å². The Morgan fingerprint density at radius 3 is 2.73 bits per heavy atom. The minimum absolute atomic E-state index is 0.114. The Bertz CT molecular complexity index is 821. The molecule has 136 valence electrons. The summed E-state index contributed by atoms with van der Waals surface area (Å²) in [6.45, 7) is -0.312. The topological polar surface area (TPSA) is 145 Å². The number of benzene rings is 1. The molecule has 4 N–H and O–H groups in total. The van der Waals surface area contributed by atoms with Gasteiger partial charge < -0.3 is 20.6 Å². The molecule has 10 heteroatoms. The zero-order valence-corrected chi connectivity index (χ0v) is 13.6. The van der Waals surface area contributed by atoms with Crippen LogP contribution in [0.3, 0.4) is 0 Å². The van der Waals surface area contributed by atoms with Gasteiger partial charge in [0.05, 0.1) is 0 Å². The van der Waals surface area contributed by atoms with Gasteiger partial charge in [0.1, 0.15) is 12.6 Å². The Morgan fingerprint density at radius 2 is 2.04 bits per heavy atom. The molecule has 1 unspecified atom stereocenters. The van der Waals surface area contributed by atoms with Gasteiger partial charge in [-0.05, 0) is 18.6 Å². The van der Waals surface area contributed by atoms with Gasteiger partial charge in [-0.15, -0.1) is 0 Å². The first-order chi connectivity index (χ1) is 12.4. The number of hydrogen-bond donors (Lipinski definition) is 4. The minimum atomic E-state index is -1.32. The molecular weight excluding hydrogens is 344 g/mol. The van der Waals surface area contributed by atoms with Gasteiger partial charge in [0.25, 0.3) is 5.91 Å². The van der Waals surface area contributed by atoms with Crippen molar-refractivity contribution in [2.24, 2.45) is 0 Å². The van der Waals surface area contributed by atoms with E-state index in [1.165, 1.54) is 4.90 Å². The van der Waals surface area contributed by atoms with E-state index in [9.17, 15) is 24.0 Å². The van der Waals surface area contributed by atoms with Crippen molar-refractivity contribution in [1.82, 2.24) is 15.5 Å². The molecule has 0 bridgehead atoms. The van der Waals surface area contributed by atoms with Crippen molar-refractivity contribution in [2.75, 3.05) is 11.9 Å². The number of hydrogen-bond acceptors (Lipinski definition) is 5. The second kappa shape index (κ2) is 6.82. The summed E-state index contributed by atoms with van der Waals surface area (Å²) in [5.74, 6) is -1.81. The quantitative estimate of drug-likeness (QED) is 0.540. The third kappa shape index (κ3) is 3.34. The predicted molar refractivity (Wildman–Crippen MR) is 87.1 cm³/mol. The summed E-state index contributed by atoms with van der Waals surface area (Å²) in [7, 11) is 0. The fraction of sp³-hybridized carbons (Fsp3) is 0.312. The van der Waals surface area contributed by atoms with Crippen molar-refractivity contribution in [1.29, 1.82) is 0 Å². The first-order valence-electron chi connectivity index (χ1n) is 7.90. The van der Waals surface area contributed by atoms with E-state index >= 15 is 0 Å². The fourth-order valence-electron chi connectivity index (χ4n) is 3.05. The number of rotatable bonds is 4. The molecular formula is C16H16N4O6. The molecule has 0 radical (unpaired) electrons. The highest BCUT2D eigenvalue weighted by Crippen LogP contribution is 2.32. The molecule has 2 aliphatic heterocycles. The maximum Gasteiger partial charge on any atom is 0.405 e. The molecule has 1 atom stereocenters. The molecule has 10 nitrogen and oxygen atoms in total. The molecule has 1 aromatic rings. The van der Waals surface area contributed by atoms with Gasteiger partial charge in [0, 0.05) is 29.8 Å². The monoisotopic (exact) mass is 360 g/mol. The molecule has 1 saturated heterocycles. The van der Waals surface area contributed by atoms with E-state index in [4.69, 9.17) is 5.11 Å². The van der Waals surface area contributed by atoms with Gasteiger partial charge in [-0.3, -0.25) is 24.5 Å². The van der Waals surface area contributed by atoms with Crippen LogP contribution in [0.5, 0.6) is 0 Å². The summed E-state index contributed by atoms with van der Waals surface area (Å²) in [6.07, 6.45) is -0.923. The summed E-state index contributed by atoms with van der Waals surface area (Å²) < 4.78 is 0. The number of nitrogens with zero attached hydrogens (tertiary/aromatic N) is 1. The number of carboxylic acid groups (broad SMARTS) is 1. The molecule has 5 amide bonds. The lowest BCUT2D eigenvalue weighted by molar-refractivity contribution is -0.137. The molecule has 2 heterocycles. The van der Waals surface area contributed by atoms with E-state index in [1.54, 1.807) is 18.2 Å². The highest BCUT2D eigenvalue weighted by Gasteiger charge is 2.39. The average Bonchev–Trinajstić information content (AvgIpc) is 2.91. The third-order valence-corrected chi connectivity index (χ3v) is 4.26. The lowest BCUT2D eigenvalue weighted by atomic mass is 10.0. The highest BCUT2D eigenvalue weighted by molar-refractivity contribution is 6.07. The van der Waals surface area contributed by atoms with Crippen LogP contribution in [0.25, 0.3) is 0 Å². The van der Waals surface area contributed by atoms with E-state index < -0.39 is 30.5 Å². The number of carbonyl (C=O) groups excluding carboxylic acids is 4. The van der Waals surface area contributed by atoms with Crippen LogP contribution in [0.15, 0.2) is 18.2 Å². The van der Waals surface area contributed by atoms with E-state index in [-0.39, 0.29) is 31.2 Å². The van der Waals surface area contributed by atoms with Crippen molar-refractivity contribution in [3.8, 4) is 0 Å². The molecule has 0 spiro atoms. The van der Waals surface area contributed by atoms with E-state index in [2.05, 4.69) is 10.6 Å². The fourth-order valence-corrected chi connectivity index (χ4v) is 3.05. The van der Waals surface area contributed by atoms with Gasteiger partial charge in [-0.2, -0.15) is 0 Å². The minimum Gasteiger partial charge on any atom is -0.465 e. The zero-order chi connectivity index (χ0) is 18.8. The summed E-state index contributed by atoms with van der Waals surface area (Å²) in [4.78, 5) is 59.6. The maximum absolute atomic E-state index is 12.6. The van der Waals surface area contributed by atoms with Crippen LogP contribution in [0.1, 0.15) is 28.8 Å². The molecule has 0 saturated carbocycles. The molecule has 26 heavy (non-hydrogen) atoms. The Kier molecular flexibility index (Phi) is 4.57. The second-order valence-electron chi connectivity index (χ2n) is 5.94. The summed E-state index contributed by atoms with van der Waals surface area (Å²) in [6, 6.07) is 4.03. The first kappa shape index (κ1) is 17.4. The van der Waals surface area contributed by atoms with Crippen molar-refractivity contribution in [3.05, 3.63) is 29.3 Å². The maximum atomic E-state index is 12.6. The van der Waals surface area contributed by atoms with Crippen molar-refractivity contribution in [3.63, 3.8) is 0 Å². The lowest BCUT2D eigenvalue weighted by Gasteiger charge is -2.29. The molecule has 3 rings (SSSR count). The van der Waals surface area contributed by atoms with Crippen molar-refractivity contribution < 1.29 is 29.1 Å². The number of amides is 5. The SMILES string of the molecule is O=C(O)NCC(=O)Nc1cccc2c1CN(C1CCC(=O)NC1=O)C2=O. The first-order valence-corrected chi connectivity index (χ1v) is 7.90. The Hall–Kier alpha value is -3.43. The normalized spacial score (nSPS) is 19.0. The smallest absolute Gasteiger partial charge is 0.405 e. The Morgan fingerprint density at radius 1 is 1.27 bits per heavy atom. The zero-order valence-electron chi connectivity index (χ0n) is 13.6. The van der Waals surface area contributed by atoms with Gasteiger partial charge >= 0.3 is 6.09 Å². The number of fused-ring (bicyclic) bond motifs is 1. The van der Waals surface area contributed by atoms with Crippen LogP contribution < -0.4 is 16.0 Å². The number of piperidine rings is 1. The van der Waals surface area contributed by atoms with Crippen molar-refractivity contribution in [2.45, 2.75) is 25.4 Å². The van der Waals surface area contributed by atoms with Crippen LogP contribution in [0.4, 0.5) is 10.5 Å². The highest BCUT2D eigenvalue weighted by atomic mass is 16.4. The number of anilines is 1. The van der Waals surface area contributed by atoms with Crippen LogP contribution in [-0.4, -0.2) is 52.3 Å². The van der Waals surface area contributed by atoms with Crippen LogP contribution in [0, 0.1) is 0 Å². The van der Waals surface area contributed by atoms with E-state index in [0.717, 1.165) is 0 Å². The number of imide groups is 1. The third-order valence-electron chi connectivity index (χ3n) is 4.26. The van der Waals surface area contributed by atoms with Crippen LogP contribution in [0.2, 0.25) is 0 Å². The van der Waals surface area contributed by atoms with Gasteiger partial charge in [-0.1, -0.05) is 6.07 Å².